The van der Waals surface area contributed by atoms with Crippen LogP contribution >= 0.6 is 0 Å². The highest BCUT2D eigenvalue weighted by Gasteiger charge is 2.28. The average Bonchev–Trinajstić information content (AvgIpc) is 3.01. The Morgan fingerprint density at radius 2 is 1.93 bits per heavy atom. The van der Waals surface area contributed by atoms with Crippen molar-refractivity contribution in [3.8, 4) is 5.75 Å². The normalized spacial score (nSPS) is 19.3. The zero-order valence-corrected chi connectivity index (χ0v) is 17.6. The summed E-state index contributed by atoms with van der Waals surface area (Å²) in [7, 11) is -3.20. The number of ether oxygens (including phenoxy) is 1. The number of hydrogen-bond acceptors (Lipinski definition) is 4. The second kappa shape index (κ2) is 7.37. The van der Waals surface area contributed by atoms with Gasteiger partial charge in [0.1, 0.15) is 11.4 Å². The molecule has 4 rings (SSSR count). The number of carbonyl (C=O) groups is 1. The van der Waals surface area contributed by atoms with Crippen LogP contribution in [0.4, 0.5) is 11.4 Å². The van der Waals surface area contributed by atoms with Crippen molar-refractivity contribution >= 4 is 27.3 Å². The molecule has 0 aliphatic carbocycles. The van der Waals surface area contributed by atoms with Crippen molar-refractivity contribution in [3.05, 3.63) is 53.6 Å². The first-order valence-electron chi connectivity index (χ1n) is 9.93. The lowest BCUT2D eigenvalue weighted by Gasteiger charge is -2.32. The van der Waals surface area contributed by atoms with Crippen LogP contribution in [0.3, 0.4) is 0 Å². The molecule has 0 bridgehead atoms. The molecule has 6 nitrogen and oxygen atoms in total. The van der Waals surface area contributed by atoms with Crippen LogP contribution in [-0.2, 0) is 27.7 Å². The standard InChI is InChI=1S/C22H26N2O4S/c1-22(2)11-10-17-14-16(4-9-20(17)28-22)15-21(25)23-18-5-7-19(8-6-18)24-12-3-13-29(24,26)27/h4-9,14H,3,10-13,15H2,1-2H3,(H,23,25). The molecule has 1 amide bonds. The number of fused-ring (bicyclic) bond motifs is 1. The van der Waals surface area contributed by atoms with Gasteiger partial charge in [-0.1, -0.05) is 12.1 Å². The molecule has 0 spiro atoms. The zero-order valence-electron chi connectivity index (χ0n) is 16.8. The Hall–Kier alpha value is -2.54. The van der Waals surface area contributed by atoms with Crippen molar-refractivity contribution in [3.63, 3.8) is 0 Å². The van der Waals surface area contributed by atoms with Crippen molar-refractivity contribution < 1.29 is 17.9 Å². The van der Waals surface area contributed by atoms with E-state index in [-0.39, 0.29) is 23.7 Å². The number of hydrogen-bond donors (Lipinski definition) is 1. The van der Waals surface area contributed by atoms with E-state index in [2.05, 4.69) is 19.2 Å². The summed E-state index contributed by atoms with van der Waals surface area (Å²) in [4.78, 5) is 12.4. The van der Waals surface area contributed by atoms with E-state index in [0.29, 0.717) is 24.3 Å². The fraction of sp³-hybridized carbons (Fsp3) is 0.409. The van der Waals surface area contributed by atoms with E-state index < -0.39 is 10.0 Å². The Morgan fingerprint density at radius 1 is 1.17 bits per heavy atom. The van der Waals surface area contributed by atoms with Crippen LogP contribution < -0.4 is 14.4 Å². The zero-order chi connectivity index (χ0) is 20.6. The fourth-order valence-corrected chi connectivity index (χ4v) is 5.42. The van der Waals surface area contributed by atoms with Crippen LogP contribution in [0.1, 0.15) is 37.8 Å². The highest BCUT2D eigenvalue weighted by molar-refractivity contribution is 7.93. The molecule has 2 aromatic rings. The average molecular weight is 415 g/mol. The van der Waals surface area contributed by atoms with E-state index in [0.717, 1.165) is 29.7 Å². The summed E-state index contributed by atoms with van der Waals surface area (Å²) in [6, 6.07) is 12.9. The first kappa shape index (κ1) is 19.8. The lowest BCUT2D eigenvalue weighted by molar-refractivity contribution is -0.115. The summed E-state index contributed by atoms with van der Waals surface area (Å²) >= 11 is 0. The first-order chi connectivity index (χ1) is 13.7. The predicted octanol–water partition coefficient (Wildman–Crippen LogP) is 3.51. The Kier molecular flexibility index (Phi) is 5.02. The quantitative estimate of drug-likeness (QED) is 0.831. The number of nitrogens with zero attached hydrogens (tertiary/aromatic N) is 1. The van der Waals surface area contributed by atoms with E-state index in [1.54, 1.807) is 24.3 Å². The van der Waals surface area contributed by atoms with E-state index >= 15 is 0 Å². The SMILES string of the molecule is CC1(C)CCc2cc(CC(=O)Nc3ccc(N4CCCS4(=O)=O)cc3)ccc2O1. The highest BCUT2D eigenvalue weighted by Crippen LogP contribution is 2.33. The van der Waals surface area contributed by atoms with Crippen LogP contribution in [0.25, 0.3) is 0 Å². The molecule has 0 atom stereocenters. The fourth-order valence-electron chi connectivity index (χ4n) is 3.85. The largest absolute Gasteiger partial charge is 0.488 e. The number of sulfonamides is 1. The summed E-state index contributed by atoms with van der Waals surface area (Å²) in [6.45, 7) is 4.68. The number of carbonyl (C=O) groups excluding carboxylic acids is 1. The van der Waals surface area contributed by atoms with Gasteiger partial charge < -0.3 is 10.1 Å². The molecule has 1 fully saturated rings. The minimum atomic E-state index is -3.20. The third kappa shape index (κ3) is 4.40. The molecular weight excluding hydrogens is 388 g/mol. The van der Waals surface area contributed by atoms with Gasteiger partial charge in [0, 0.05) is 12.2 Å². The second-order valence-corrected chi connectivity index (χ2v) is 10.3. The maximum absolute atomic E-state index is 12.4. The minimum Gasteiger partial charge on any atom is -0.488 e. The Balaban J connectivity index is 1.39. The molecule has 29 heavy (non-hydrogen) atoms. The number of nitrogens with one attached hydrogen (secondary N) is 1. The van der Waals surface area contributed by atoms with Gasteiger partial charge in [0.2, 0.25) is 15.9 Å². The molecule has 2 aromatic carbocycles. The van der Waals surface area contributed by atoms with Crippen molar-refractivity contribution in [2.24, 2.45) is 0 Å². The predicted molar refractivity (Wildman–Crippen MR) is 114 cm³/mol. The van der Waals surface area contributed by atoms with Crippen molar-refractivity contribution in [2.45, 2.75) is 45.1 Å². The van der Waals surface area contributed by atoms with Crippen molar-refractivity contribution in [1.29, 1.82) is 0 Å². The Morgan fingerprint density at radius 3 is 2.62 bits per heavy atom. The third-order valence-electron chi connectivity index (χ3n) is 5.41. The van der Waals surface area contributed by atoms with Gasteiger partial charge in [0.25, 0.3) is 0 Å². The number of anilines is 2. The molecule has 0 aromatic heterocycles. The number of aryl methyl sites for hydroxylation is 1. The molecule has 154 valence electrons. The van der Waals surface area contributed by atoms with Crippen LogP contribution in [0.15, 0.2) is 42.5 Å². The molecule has 0 radical (unpaired) electrons. The summed E-state index contributed by atoms with van der Waals surface area (Å²) in [5, 5.41) is 2.88. The van der Waals surface area contributed by atoms with Gasteiger partial charge in [-0.05, 0) is 74.6 Å². The molecule has 1 saturated heterocycles. The topological polar surface area (TPSA) is 75.7 Å². The molecule has 0 saturated carbocycles. The molecule has 2 aliphatic rings. The van der Waals surface area contributed by atoms with Gasteiger partial charge in [-0.15, -0.1) is 0 Å². The molecule has 7 heteroatoms. The maximum atomic E-state index is 12.4. The number of rotatable bonds is 4. The monoisotopic (exact) mass is 414 g/mol. The smallest absolute Gasteiger partial charge is 0.235 e. The van der Waals surface area contributed by atoms with Gasteiger partial charge in [-0.2, -0.15) is 0 Å². The van der Waals surface area contributed by atoms with Crippen LogP contribution in [0.2, 0.25) is 0 Å². The Bertz CT molecular complexity index is 1030. The molecule has 2 aliphatic heterocycles. The second-order valence-electron chi connectivity index (χ2n) is 8.32. The van der Waals surface area contributed by atoms with Gasteiger partial charge in [-0.3, -0.25) is 9.10 Å². The van der Waals surface area contributed by atoms with Crippen LogP contribution in [-0.4, -0.2) is 32.2 Å². The highest BCUT2D eigenvalue weighted by atomic mass is 32.2. The number of amides is 1. The first-order valence-corrected chi connectivity index (χ1v) is 11.5. The lowest BCUT2D eigenvalue weighted by Crippen LogP contribution is -2.32. The Labute approximate surface area is 171 Å². The lowest BCUT2D eigenvalue weighted by atomic mass is 9.93. The van der Waals surface area contributed by atoms with Gasteiger partial charge in [0.05, 0.1) is 17.9 Å². The summed E-state index contributed by atoms with van der Waals surface area (Å²) in [5.74, 6) is 0.982. The van der Waals surface area contributed by atoms with Gasteiger partial charge in [0.15, 0.2) is 0 Å². The van der Waals surface area contributed by atoms with Gasteiger partial charge >= 0.3 is 0 Å². The third-order valence-corrected chi connectivity index (χ3v) is 7.28. The van der Waals surface area contributed by atoms with E-state index in [1.807, 2.05) is 18.2 Å². The maximum Gasteiger partial charge on any atom is 0.235 e. The van der Waals surface area contributed by atoms with E-state index in [1.165, 1.54) is 4.31 Å². The van der Waals surface area contributed by atoms with Crippen molar-refractivity contribution in [2.75, 3.05) is 21.9 Å². The molecule has 1 N–H and O–H groups in total. The van der Waals surface area contributed by atoms with Crippen molar-refractivity contribution in [1.82, 2.24) is 0 Å². The van der Waals surface area contributed by atoms with E-state index in [4.69, 9.17) is 4.74 Å². The van der Waals surface area contributed by atoms with Gasteiger partial charge in [-0.25, -0.2) is 8.42 Å². The van der Waals surface area contributed by atoms with Crippen LogP contribution in [0, 0.1) is 0 Å². The molecule has 0 unspecified atom stereocenters. The summed E-state index contributed by atoms with van der Waals surface area (Å²) in [6.07, 6.45) is 2.82. The molecule has 2 heterocycles. The van der Waals surface area contributed by atoms with Crippen LogP contribution in [0.5, 0.6) is 5.75 Å². The summed E-state index contributed by atoms with van der Waals surface area (Å²) < 4.78 is 31.4. The van der Waals surface area contributed by atoms with E-state index in [9.17, 15) is 13.2 Å². The minimum absolute atomic E-state index is 0.108. The number of benzene rings is 2. The summed E-state index contributed by atoms with van der Waals surface area (Å²) in [5.41, 5.74) is 3.23. The molecular formula is C22H26N2O4S.